The Morgan fingerprint density at radius 3 is 2.44 bits per heavy atom. The van der Waals surface area contributed by atoms with Crippen molar-refractivity contribution in [2.75, 3.05) is 31.4 Å². The highest BCUT2D eigenvalue weighted by Gasteiger charge is 2.10. The minimum Gasteiger partial charge on any atom is -0.380 e. The monoisotopic (exact) mass is 223 g/mol. The fourth-order valence-corrected chi connectivity index (χ4v) is 1.32. The van der Waals surface area contributed by atoms with Crippen molar-refractivity contribution in [1.82, 2.24) is 4.98 Å². The van der Waals surface area contributed by atoms with Gasteiger partial charge in [-0.05, 0) is 26.0 Å². The molecule has 1 rings (SSSR count). The van der Waals surface area contributed by atoms with Crippen molar-refractivity contribution >= 4 is 11.5 Å². The molecule has 4 heteroatoms. The Morgan fingerprint density at radius 1 is 1.31 bits per heavy atom. The van der Waals surface area contributed by atoms with E-state index >= 15 is 0 Å². The van der Waals surface area contributed by atoms with Gasteiger partial charge in [0, 0.05) is 27.2 Å². The first-order valence-electron chi connectivity index (χ1n) is 5.47. The van der Waals surface area contributed by atoms with E-state index in [1.165, 1.54) is 0 Å². The summed E-state index contributed by atoms with van der Waals surface area (Å²) in [6.07, 6.45) is 2.02. The molecule has 0 saturated heterocycles. The molecule has 1 N–H and O–H groups in total. The summed E-state index contributed by atoms with van der Waals surface area (Å²) in [5.41, 5.74) is 1.02. The topological polar surface area (TPSA) is 37.4 Å². The van der Waals surface area contributed by atoms with Crippen LogP contribution in [0.5, 0.6) is 0 Å². The Morgan fingerprint density at radius 2 is 2.00 bits per heavy atom. The van der Waals surface area contributed by atoms with Crippen LogP contribution in [0.1, 0.15) is 13.8 Å². The molecule has 2 atom stereocenters. The lowest BCUT2D eigenvalue weighted by atomic mass is 10.2. The molecule has 16 heavy (non-hydrogen) atoms. The number of hydrogen-bond acceptors (Lipinski definition) is 4. The summed E-state index contributed by atoms with van der Waals surface area (Å²) in [6.45, 7) is 4.13. The highest BCUT2D eigenvalue weighted by Crippen LogP contribution is 2.13. The number of anilines is 2. The van der Waals surface area contributed by atoms with Crippen LogP contribution in [0, 0.1) is 0 Å². The van der Waals surface area contributed by atoms with Gasteiger partial charge in [-0.1, -0.05) is 0 Å². The summed E-state index contributed by atoms with van der Waals surface area (Å²) in [5.74, 6) is 0.956. The second kappa shape index (κ2) is 5.70. The zero-order valence-electron chi connectivity index (χ0n) is 10.7. The Kier molecular flexibility index (Phi) is 4.55. The molecule has 0 aromatic carbocycles. The first-order valence-corrected chi connectivity index (χ1v) is 5.47. The largest absolute Gasteiger partial charge is 0.380 e. The molecule has 0 aliphatic rings. The fraction of sp³-hybridized carbons (Fsp3) is 0.583. The number of nitrogens with one attached hydrogen (secondary N) is 1. The zero-order valence-corrected chi connectivity index (χ0v) is 10.7. The van der Waals surface area contributed by atoms with E-state index in [2.05, 4.69) is 17.2 Å². The van der Waals surface area contributed by atoms with Crippen LogP contribution in [0.15, 0.2) is 18.3 Å². The Hall–Kier alpha value is -1.29. The second-order valence-electron chi connectivity index (χ2n) is 4.17. The number of nitrogens with zero attached hydrogens (tertiary/aromatic N) is 2. The molecule has 1 aromatic heterocycles. The number of ether oxygens (including phenoxy) is 1. The van der Waals surface area contributed by atoms with E-state index in [1.807, 2.05) is 44.2 Å². The van der Waals surface area contributed by atoms with Gasteiger partial charge in [-0.15, -0.1) is 0 Å². The molecule has 2 unspecified atom stereocenters. The van der Waals surface area contributed by atoms with Crippen molar-refractivity contribution in [3.63, 3.8) is 0 Å². The van der Waals surface area contributed by atoms with Gasteiger partial charge in [-0.3, -0.25) is 0 Å². The molecular formula is C12H21N3O. The maximum Gasteiger partial charge on any atom is 0.128 e. The summed E-state index contributed by atoms with van der Waals surface area (Å²) < 4.78 is 5.25. The van der Waals surface area contributed by atoms with Crippen LogP contribution in [0.25, 0.3) is 0 Å². The average Bonchev–Trinajstić information content (AvgIpc) is 2.28. The number of rotatable bonds is 5. The number of hydrogen-bond donors (Lipinski definition) is 1. The third-order valence-corrected chi connectivity index (χ3v) is 2.68. The summed E-state index contributed by atoms with van der Waals surface area (Å²) in [4.78, 5) is 6.32. The SMILES string of the molecule is COC(C)C(C)Nc1ccc(N(C)C)nc1. The molecule has 0 spiro atoms. The maximum absolute atomic E-state index is 5.25. The van der Waals surface area contributed by atoms with Gasteiger partial charge in [0.05, 0.1) is 18.0 Å². The maximum atomic E-state index is 5.25. The van der Waals surface area contributed by atoms with Crippen molar-refractivity contribution in [2.45, 2.75) is 26.0 Å². The number of aromatic nitrogens is 1. The van der Waals surface area contributed by atoms with E-state index in [4.69, 9.17) is 4.74 Å². The molecule has 0 fully saturated rings. The van der Waals surface area contributed by atoms with Crippen molar-refractivity contribution in [3.8, 4) is 0 Å². The molecule has 4 nitrogen and oxygen atoms in total. The van der Waals surface area contributed by atoms with Crippen LogP contribution in [-0.4, -0.2) is 38.3 Å². The fourth-order valence-electron chi connectivity index (χ4n) is 1.32. The summed E-state index contributed by atoms with van der Waals surface area (Å²) >= 11 is 0. The molecule has 0 aliphatic carbocycles. The van der Waals surface area contributed by atoms with E-state index in [0.717, 1.165) is 11.5 Å². The normalized spacial score (nSPS) is 14.3. The van der Waals surface area contributed by atoms with Gasteiger partial charge in [0.15, 0.2) is 0 Å². The molecule has 0 amide bonds. The zero-order chi connectivity index (χ0) is 12.1. The molecule has 1 aromatic rings. The summed E-state index contributed by atoms with van der Waals surface area (Å²) in [5, 5.41) is 3.35. The minimum absolute atomic E-state index is 0.175. The van der Waals surface area contributed by atoms with Gasteiger partial charge in [0.25, 0.3) is 0 Å². The highest BCUT2D eigenvalue weighted by atomic mass is 16.5. The lowest BCUT2D eigenvalue weighted by Crippen LogP contribution is -2.29. The van der Waals surface area contributed by atoms with Crippen LogP contribution in [0.3, 0.4) is 0 Å². The van der Waals surface area contributed by atoms with Crippen LogP contribution in [0.4, 0.5) is 11.5 Å². The molecule has 0 saturated carbocycles. The van der Waals surface area contributed by atoms with Gasteiger partial charge in [0.2, 0.25) is 0 Å². The van der Waals surface area contributed by atoms with Crippen LogP contribution in [0.2, 0.25) is 0 Å². The lowest BCUT2D eigenvalue weighted by molar-refractivity contribution is 0.106. The van der Waals surface area contributed by atoms with Gasteiger partial charge in [0.1, 0.15) is 5.82 Å². The molecule has 0 radical (unpaired) electrons. The van der Waals surface area contributed by atoms with Gasteiger partial charge in [-0.25, -0.2) is 4.98 Å². The minimum atomic E-state index is 0.175. The molecule has 90 valence electrons. The molecular weight excluding hydrogens is 202 g/mol. The third-order valence-electron chi connectivity index (χ3n) is 2.68. The van der Waals surface area contributed by atoms with E-state index in [1.54, 1.807) is 7.11 Å². The standard InChI is InChI=1S/C12H21N3O/c1-9(10(2)16-5)14-11-6-7-12(13-8-11)15(3)4/h6-10,14H,1-5H3. The van der Waals surface area contributed by atoms with E-state index in [-0.39, 0.29) is 12.1 Å². The first kappa shape index (κ1) is 12.8. The first-order chi connectivity index (χ1) is 7.54. The van der Waals surface area contributed by atoms with Crippen molar-refractivity contribution in [3.05, 3.63) is 18.3 Å². The Labute approximate surface area is 97.6 Å². The lowest BCUT2D eigenvalue weighted by Gasteiger charge is -2.21. The van der Waals surface area contributed by atoms with Crippen LogP contribution >= 0.6 is 0 Å². The van der Waals surface area contributed by atoms with Crippen LogP contribution in [-0.2, 0) is 4.74 Å². The van der Waals surface area contributed by atoms with Crippen molar-refractivity contribution in [2.24, 2.45) is 0 Å². The van der Waals surface area contributed by atoms with Crippen molar-refractivity contribution in [1.29, 1.82) is 0 Å². The second-order valence-corrected chi connectivity index (χ2v) is 4.17. The van der Waals surface area contributed by atoms with E-state index in [0.29, 0.717) is 0 Å². The summed E-state index contributed by atoms with van der Waals surface area (Å²) in [6, 6.07) is 4.28. The quantitative estimate of drug-likeness (QED) is 0.828. The van der Waals surface area contributed by atoms with Gasteiger partial charge in [-0.2, -0.15) is 0 Å². The Bertz CT molecular complexity index is 311. The predicted octanol–water partition coefficient (Wildman–Crippen LogP) is 1.98. The molecule has 0 aliphatic heterocycles. The van der Waals surface area contributed by atoms with Gasteiger partial charge < -0.3 is 15.0 Å². The number of pyridine rings is 1. The molecule has 0 bridgehead atoms. The number of methoxy groups -OCH3 is 1. The van der Waals surface area contributed by atoms with Crippen LogP contribution < -0.4 is 10.2 Å². The predicted molar refractivity (Wildman–Crippen MR) is 68.1 cm³/mol. The highest BCUT2D eigenvalue weighted by molar-refractivity contribution is 5.48. The summed E-state index contributed by atoms with van der Waals surface area (Å²) in [7, 11) is 5.67. The van der Waals surface area contributed by atoms with E-state index < -0.39 is 0 Å². The van der Waals surface area contributed by atoms with E-state index in [9.17, 15) is 0 Å². The Balaban J connectivity index is 2.61. The van der Waals surface area contributed by atoms with Crippen molar-refractivity contribution < 1.29 is 4.74 Å². The third kappa shape index (κ3) is 3.38. The van der Waals surface area contributed by atoms with Gasteiger partial charge >= 0.3 is 0 Å². The molecule has 1 heterocycles. The average molecular weight is 223 g/mol. The smallest absolute Gasteiger partial charge is 0.128 e.